The second-order valence-corrected chi connectivity index (χ2v) is 4.70. The molecular weight excluding hydrogens is 268 g/mol. The van der Waals surface area contributed by atoms with Crippen LogP contribution in [0.1, 0.15) is 28.9 Å². The molecule has 21 heavy (non-hydrogen) atoms. The first kappa shape index (κ1) is 14.7. The maximum atomic E-state index is 11.3. The lowest BCUT2D eigenvalue weighted by molar-refractivity contribution is 0.100. The van der Waals surface area contributed by atoms with Gasteiger partial charge in [0.25, 0.3) is 0 Å². The van der Waals surface area contributed by atoms with E-state index in [0.29, 0.717) is 17.0 Å². The minimum Gasteiger partial charge on any atom is -0.508 e. The molecule has 1 unspecified atom stereocenters. The summed E-state index contributed by atoms with van der Waals surface area (Å²) < 4.78 is 5.27. The molecule has 0 saturated carbocycles. The van der Waals surface area contributed by atoms with E-state index in [1.165, 1.54) is 0 Å². The van der Waals surface area contributed by atoms with Crippen LogP contribution in [0.4, 0.5) is 5.69 Å². The van der Waals surface area contributed by atoms with Crippen molar-refractivity contribution in [3.8, 4) is 11.5 Å². The van der Waals surface area contributed by atoms with Crippen molar-refractivity contribution in [2.24, 2.45) is 5.73 Å². The predicted octanol–water partition coefficient (Wildman–Crippen LogP) is 2.67. The van der Waals surface area contributed by atoms with Gasteiger partial charge >= 0.3 is 0 Å². The zero-order chi connectivity index (χ0) is 15.4. The molecule has 5 heteroatoms. The van der Waals surface area contributed by atoms with Crippen LogP contribution in [0.3, 0.4) is 0 Å². The number of primary amides is 1. The Labute approximate surface area is 123 Å². The summed E-state index contributed by atoms with van der Waals surface area (Å²) >= 11 is 0. The van der Waals surface area contributed by atoms with Gasteiger partial charge in [-0.3, -0.25) is 4.79 Å². The second kappa shape index (κ2) is 6.17. The number of nitrogens with two attached hydrogens (primary N) is 1. The summed E-state index contributed by atoms with van der Waals surface area (Å²) in [6.45, 7) is 1.91. The molecule has 1 atom stereocenters. The quantitative estimate of drug-likeness (QED) is 0.789. The number of nitrogens with one attached hydrogen (secondary N) is 1. The zero-order valence-electron chi connectivity index (χ0n) is 12.0. The molecule has 0 aromatic heterocycles. The highest BCUT2D eigenvalue weighted by atomic mass is 16.5. The summed E-state index contributed by atoms with van der Waals surface area (Å²) in [6.07, 6.45) is 0. The molecule has 0 aliphatic rings. The van der Waals surface area contributed by atoms with E-state index in [-0.39, 0.29) is 11.8 Å². The highest BCUT2D eigenvalue weighted by Crippen LogP contribution is 2.31. The Morgan fingerprint density at radius 2 is 2.00 bits per heavy atom. The van der Waals surface area contributed by atoms with Gasteiger partial charge in [-0.15, -0.1) is 0 Å². The number of benzene rings is 2. The molecule has 110 valence electrons. The maximum Gasteiger partial charge on any atom is 0.248 e. The number of hydrogen-bond acceptors (Lipinski definition) is 4. The van der Waals surface area contributed by atoms with Crippen LogP contribution >= 0.6 is 0 Å². The van der Waals surface area contributed by atoms with Crippen molar-refractivity contribution in [1.29, 1.82) is 0 Å². The predicted molar refractivity (Wildman–Crippen MR) is 81.7 cm³/mol. The minimum atomic E-state index is -0.504. The Bertz CT molecular complexity index is 656. The SMILES string of the molecule is COc1ccc(C(N)=O)cc1NC(C)c1ccccc1O. The summed E-state index contributed by atoms with van der Waals surface area (Å²) in [6, 6.07) is 11.8. The Hall–Kier alpha value is -2.69. The van der Waals surface area contributed by atoms with Crippen LogP contribution < -0.4 is 15.8 Å². The fraction of sp³-hybridized carbons (Fsp3) is 0.188. The van der Waals surface area contributed by atoms with Gasteiger partial charge in [0.05, 0.1) is 18.8 Å². The van der Waals surface area contributed by atoms with Crippen molar-refractivity contribution in [3.63, 3.8) is 0 Å². The number of aromatic hydroxyl groups is 1. The Morgan fingerprint density at radius 1 is 1.29 bits per heavy atom. The van der Waals surface area contributed by atoms with Gasteiger partial charge in [0, 0.05) is 11.1 Å². The molecule has 0 aliphatic heterocycles. The number of para-hydroxylation sites is 1. The fourth-order valence-electron chi connectivity index (χ4n) is 2.14. The van der Waals surface area contributed by atoms with Crippen LogP contribution in [-0.4, -0.2) is 18.1 Å². The van der Waals surface area contributed by atoms with Gasteiger partial charge < -0.3 is 20.9 Å². The van der Waals surface area contributed by atoms with Gasteiger partial charge in [-0.25, -0.2) is 0 Å². The van der Waals surface area contributed by atoms with Crippen LogP contribution in [0, 0.1) is 0 Å². The van der Waals surface area contributed by atoms with Gasteiger partial charge in [-0.2, -0.15) is 0 Å². The van der Waals surface area contributed by atoms with Crippen molar-refractivity contribution in [1.82, 2.24) is 0 Å². The van der Waals surface area contributed by atoms with E-state index in [1.807, 2.05) is 19.1 Å². The topological polar surface area (TPSA) is 84.6 Å². The number of amides is 1. The van der Waals surface area contributed by atoms with Crippen molar-refractivity contribution in [2.45, 2.75) is 13.0 Å². The van der Waals surface area contributed by atoms with Gasteiger partial charge in [-0.1, -0.05) is 18.2 Å². The van der Waals surface area contributed by atoms with Crippen molar-refractivity contribution < 1.29 is 14.6 Å². The summed E-state index contributed by atoms with van der Waals surface area (Å²) in [5.74, 6) is 0.306. The van der Waals surface area contributed by atoms with Crippen molar-refractivity contribution >= 4 is 11.6 Å². The van der Waals surface area contributed by atoms with E-state index >= 15 is 0 Å². The molecule has 0 heterocycles. The smallest absolute Gasteiger partial charge is 0.248 e. The number of anilines is 1. The number of methoxy groups -OCH3 is 1. The maximum absolute atomic E-state index is 11.3. The number of hydrogen-bond donors (Lipinski definition) is 3. The summed E-state index contributed by atoms with van der Waals surface area (Å²) in [5.41, 5.74) is 7.08. The monoisotopic (exact) mass is 286 g/mol. The van der Waals surface area contributed by atoms with Crippen LogP contribution in [0.25, 0.3) is 0 Å². The average Bonchev–Trinajstić information content (AvgIpc) is 2.47. The van der Waals surface area contributed by atoms with E-state index in [9.17, 15) is 9.90 Å². The highest BCUT2D eigenvalue weighted by molar-refractivity contribution is 5.94. The lowest BCUT2D eigenvalue weighted by Gasteiger charge is -2.19. The Kier molecular flexibility index (Phi) is 4.33. The lowest BCUT2D eigenvalue weighted by atomic mass is 10.1. The third-order valence-corrected chi connectivity index (χ3v) is 3.26. The van der Waals surface area contributed by atoms with E-state index in [4.69, 9.17) is 10.5 Å². The van der Waals surface area contributed by atoms with Gasteiger partial charge in [0.2, 0.25) is 5.91 Å². The standard InChI is InChI=1S/C16H18N2O3/c1-10(12-5-3-4-6-14(12)19)18-13-9-11(16(17)20)7-8-15(13)21-2/h3-10,18-19H,1-2H3,(H2,17,20). The van der Waals surface area contributed by atoms with E-state index < -0.39 is 5.91 Å². The molecule has 0 aliphatic carbocycles. The molecule has 0 spiro atoms. The fourth-order valence-corrected chi connectivity index (χ4v) is 2.14. The normalized spacial score (nSPS) is 11.7. The number of carbonyl (C=O) groups is 1. The minimum absolute atomic E-state index is 0.164. The molecule has 4 N–H and O–H groups in total. The Morgan fingerprint density at radius 3 is 2.62 bits per heavy atom. The van der Waals surface area contributed by atoms with Crippen LogP contribution in [0.15, 0.2) is 42.5 Å². The number of carbonyl (C=O) groups excluding carboxylic acids is 1. The number of phenols is 1. The molecular formula is C16H18N2O3. The molecule has 0 radical (unpaired) electrons. The number of ether oxygens (including phenoxy) is 1. The molecule has 0 fully saturated rings. The first-order valence-corrected chi connectivity index (χ1v) is 6.55. The molecule has 0 bridgehead atoms. The first-order valence-electron chi connectivity index (χ1n) is 6.55. The highest BCUT2D eigenvalue weighted by Gasteiger charge is 2.13. The van der Waals surface area contributed by atoms with Gasteiger partial charge in [-0.05, 0) is 31.2 Å². The largest absolute Gasteiger partial charge is 0.508 e. The zero-order valence-corrected chi connectivity index (χ0v) is 12.0. The van der Waals surface area contributed by atoms with Gasteiger partial charge in [0.15, 0.2) is 0 Å². The lowest BCUT2D eigenvalue weighted by Crippen LogP contribution is -2.13. The molecule has 2 aromatic carbocycles. The third-order valence-electron chi connectivity index (χ3n) is 3.26. The summed E-state index contributed by atoms with van der Waals surface area (Å²) in [7, 11) is 1.55. The second-order valence-electron chi connectivity index (χ2n) is 4.70. The van der Waals surface area contributed by atoms with Crippen molar-refractivity contribution in [2.75, 3.05) is 12.4 Å². The molecule has 5 nitrogen and oxygen atoms in total. The number of rotatable bonds is 5. The van der Waals surface area contributed by atoms with Crippen molar-refractivity contribution in [3.05, 3.63) is 53.6 Å². The Balaban J connectivity index is 2.31. The van der Waals surface area contributed by atoms with E-state index in [1.54, 1.807) is 37.4 Å². The first-order chi connectivity index (χ1) is 10.0. The summed E-state index contributed by atoms with van der Waals surface area (Å²) in [5, 5.41) is 13.1. The van der Waals surface area contributed by atoms with Gasteiger partial charge in [0.1, 0.15) is 11.5 Å². The third kappa shape index (κ3) is 3.25. The molecule has 2 aromatic rings. The molecule has 0 saturated heterocycles. The number of phenolic OH excluding ortho intramolecular Hbond substituents is 1. The molecule has 1 amide bonds. The average molecular weight is 286 g/mol. The van der Waals surface area contributed by atoms with E-state index in [2.05, 4.69) is 5.32 Å². The summed E-state index contributed by atoms with van der Waals surface area (Å²) in [4.78, 5) is 11.3. The van der Waals surface area contributed by atoms with Crippen LogP contribution in [0.5, 0.6) is 11.5 Å². The van der Waals surface area contributed by atoms with E-state index in [0.717, 1.165) is 5.56 Å². The molecule has 2 rings (SSSR count). The van der Waals surface area contributed by atoms with Crippen LogP contribution in [-0.2, 0) is 0 Å². The van der Waals surface area contributed by atoms with Crippen LogP contribution in [0.2, 0.25) is 0 Å².